The van der Waals surface area contributed by atoms with E-state index in [1.54, 1.807) is 0 Å². The minimum atomic E-state index is 0. The van der Waals surface area contributed by atoms with Gasteiger partial charge in [-0.3, -0.25) is 0 Å². The lowest BCUT2D eigenvalue weighted by Gasteiger charge is -2.16. The first-order valence-electron chi connectivity index (χ1n) is 18.8. The molecule has 0 aliphatic heterocycles. The Labute approximate surface area is 312 Å². The molecule has 0 saturated heterocycles. The summed E-state index contributed by atoms with van der Waals surface area (Å²) in [6.07, 6.45) is 0. The first-order valence-corrected chi connectivity index (χ1v) is 18.8. The molecular formula is C53H28B. The third-order valence-electron chi connectivity index (χ3n) is 13.1. The Morgan fingerprint density at radius 1 is 0.259 bits per heavy atom. The van der Waals surface area contributed by atoms with Crippen molar-refractivity contribution in [2.75, 3.05) is 0 Å². The van der Waals surface area contributed by atoms with Gasteiger partial charge in [-0.05, 0) is 160 Å². The number of hydrogen-bond acceptors (Lipinski definition) is 0. The number of aryl methyl sites for hydroxylation is 1. The van der Waals surface area contributed by atoms with Crippen molar-refractivity contribution in [2.45, 2.75) is 6.92 Å². The standard InChI is InChI=1S/C53H28.B/c1-27-10-2-4-12-29(27)44-43-26-28-11-3-5-13-30(28)45-33-16-8-9-17-34(33)50(53(43)45)52-42-25-23-40-38-21-19-36-32-15-7-6-14-31(32)35-18-20-37(47(38)46(35)36)39-22-24-41(51(44)52)49(42)48(39)40;/h2-26H,1H3;. The highest BCUT2D eigenvalue weighted by molar-refractivity contribution is 6.52. The highest BCUT2D eigenvalue weighted by Gasteiger charge is 2.29. The Bertz CT molecular complexity index is 3710. The lowest BCUT2D eigenvalue weighted by Crippen LogP contribution is -1.89. The smallest absolute Gasteiger partial charge is 0 e. The fourth-order valence-corrected chi connectivity index (χ4v) is 11.2. The minimum absolute atomic E-state index is 0. The zero-order valence-corrected chi connectivity index (χ0v) is 29.5. The summed E-state index contributed by atoms with van der Waals surface area (Å²) in [7, 11) is 0. The van der Waals surface area contributed by atoms with Crippen molar-refractivity contribution in [1.82, 2.24) is 0 Å². The first-order chi connectivity index (χ1) is 26.3. The fraction of sp³-hybridized carbons (Fsp3) is 0.0189. The van der Waals surface area contributed by atoms with E-state index in [-0.39, 0.29) is 8.41 Å². The number of benzene rings is 11. The van der Waals surface area contributed by atoms with Gasteiger partial charge in [-0.1, -0.05) is 146 Å². The molecule has 0 nitrogen and oxygen atoms in total. The van der Waals surface area contributed by atoms with Gasteiger partial charge < -0.3 is 0 Å². The average Bonchev–Trinajstić information content (AvgIpc) is 3.85. The van der Waals surface area contributed by atoms with Crippen LogP contribution in [0.25, 0.3) is 141 Å². The van der Waals surface area contributed by atoms with Gasteiger partial charge in [0.2, 0.25) is 0 Å². The van der Waals surface area contributed by atoms with Gasteiger partial charge in [-0.2, -0.15) is 0 Å². The Hall–Kier alpha value is -6.70. The molecule has 1 aliphatic rings. The van der Waals surface area contributed by atoms with Crippen LogP contribution in [0.5, 0.6) is 0 Å². The molecule has 13 aromatic rings. The maximum atomic E-state index is 2.49. The number of fused-ring (bicyclic) bond motifs is 14. The SMILES string of the molecule is Cc1ccccc1-c1c2cc3ccccc3c3c4ccccc4c(c4c5ccc6c7ccc8c9c(ccc(c%10ccc(c14)c5c%106)c97)-c1ccccc1-8)c23.[B]. The van der Waals surface area contributed by atoms with E-state index >= 15 is 0 Å². The molecule has 0 N–H and O–H groups in total. The van der Waals surface area contributed by atoms with Gasteiger partial charge in [0, 0.05) is 8.41 Å². The maximum Gasteiger partial charge on any atom is 0 e. The van der Waals surface area contributed by atoms with Crippen LogP contribution in [0.1, 0.15) is 5.56 Å². The number of rotatable bonds is 1. The molecule has 1 aliphatic carbocycles. The summed E-state index contributed by atoms with van der Waals surface area (Å²) in [4.78, 5) is 0. The molecule has 0 saturated carbocycles. The second-order valence-electron chi connectivity index (χ2n) is 15.4. The van der Waals surface area contributed by atoms with Crippen LogP contribution in [0.4, 0.5) is 0 Å². The van der Waals surface area contributed by atoms with Gasteiger partial charge in [-0.15, -0.1) is 0 Å². The van der Waals surface area contributed by atoms with Gasteiger partial charge in [0.05, 0.1) is 0 Å². The van der Waals surface area contributed by atoms with Crippen LogP contribution in [-0.4, -0.2) is 8.41 Å². The molecule has 0 unspecified atom stereocenters. The van der Waals surface area contributed by atoms with Crippen molar-refractivity contribution in [3.05, 3.63) is 157 Å². The van der Waals surface area contributed by atoms with E-state index in [0.29, 0.717) is 0 Å². The van der Waals surface area contributed by atoms with Crippen molar-refractivity contribution in [2.24, 2.45) is 0 Å². The molecule has 243 valence electrons. The fourth-order valence-electron chi connectivity index (χ4n) is 11.2. The molecule has 1 heteroatoms. The third kappa shape index (κ3) is 3.10. The van der Waals surface area contributed by atoms with Crippen LogP contribution < -0.4 is 0 Å². The Balaban J connectivity index is 0.00000311. The lowest BCUT2D eigenvalue weighted by atomic mass is 9.86. The van der Waals surface area contributed by atoms with Crippen LogP contribution in [0.15, 0.2) is 152 Å². The molecule has 0 fully saturated rings. The summed E-state index contributed by atoms with van der Waals surface area (Å²) >= 11 is 0. The Morgan fingerprint density at radius 3 is 1.33 bits per heavy atom. The van der Waals surface area contributed by atoms with Crippen molar-refractivity contribution in [3.63, 3.8) is 0 Å². The first kappa shape index (κ1) is 28.8. The van der Waals surface area contributed by atoms with Crippen LogP contribution in [0.2, 0.25) is 0 Å². The molecule has 0 bridgehead atoms. The summed E-state index contributed by atoms with van der Waals surface area (Å²) in [6, 6.07) is 58.0. The van der Waals surface area contributed by atoms with Crippen molar-refractivity contribution in [3.8, 4) is 33.4 Å². The lowest BCUT2D eigenvalue weighted by molar-refractivity contribution is 1.48. The molecule has 0 heterocycles. The van der Waals surface area contributed by atoms with Gasteiger partial charge >= 0.3 is 0 Å². The topological polar surface area (TPSA) is 0 Å². The van der Waals surface area contributed by atoms with Crippen LogP contribution in [0.3, 0.4) is 0 Å². The van der Waals surface area contributed by atoms with Crippen LogP contribution in [-0.2, 0) is 0 Å². The van der Waals surface area contributed by atoms with E-state index in [1.165, 1.54) is 147 Å². The molecule has 0 amide bonds. The monoisotopic (exact) mass is 675 g/mol. The second kappa shape index (κ2) is 9.64. The number of hydrogen-bond donors (Lipinski definition) is 0. The van der Waals surface area contributed by atoms with E-state index in [9.17, 15) is 0 Å². The molecule has 0 spiro atoms. The van der Waals surface area contributed by atoms with E-state index in [2.05, 4.69) is 159 Å². The summed E-state index contributed by atoms with van der Waals surface area (Å²) in [5.74, 6) is 0. The predicted octanol–water partition coefficient (Wildman–Crippen LogP) is 14.8. The predicted molar refractivity (Wildman–Crippen MR) is 235 cm³/mol. The molecule has 0 atom stereocenters. The zero-order valence-electron chi connectivity index (χ0n) is 29.5. The highest BCUT2D eigenvalue weighted by Crippen LogP contribution is 2.57. The minimum Gasteiger partial charge on any atom is -0.0620 e. The van der Waals surface area contributed by atoms with Gasteiger partial charge in [0.1, 0.15) is 0 Å². The Kier molecular flexibility index (Phi) is 5.15. The highest BCUT2D eigenvalue weighted by atomic mass is 14.3. The van der Waals surface area contributed by atoms with Gasteiger partial charge in [0.25, 0.3) is 0 Å². The molecular weight excluding hydrogens is 647 g/mol. The molecule has 0 aromatic heterocycles. The maximum absolute atomic E-state index is 2.49. The van der Waals surface area contributed by atoms with E-state index in [1.807, 2.05) is 0 Å². The molecule has 54 heavy (non-hydrogen) atoms. The summed E-state index contributed by atoms with van der Waals surface area (Å²) < 4.78 is 0. The van der Waals surface area contributed by atoms with E-state index in [4.69, 9.17) is 0 Å². The molecule has 13 aromatic carbocycles. The third-order valence-corrected chi connectivity index (χ3v) is 13.1. The van der Waals surface area contributed by atoms with E-state index in [0.717, 1.165) is 0 Å². The van der Waals surface area contributed by atoms with Gasteiger partial charge in [-0.25, -0.2) is 0 Å². The van der Waals surface area contributed by atoms with E-state index < -0.39 is 0 Å². The van der Waals surface area contributed by atoms with Crippen molar-refractivity contribution >= 4 is 116 Å². The van der Waals surface area contributed by atoms with Gasteiger partial charge in [0.15, 0.2) is 0 Å². The summed E-state index contributed by atoms with van der Waals surface area (Å²) in [5, 5.41) is 27.4. The second-order valence-corrected chi connectivity index (χ2v) is 15.4. The zero-order chi connectivity index (χ0) is 34.3. The van der Waals surface area contributed by atoms with Crippen LogP contribution in [0, 0.1) is 6.92 Å². The molecule has 14 rings (SSSR count). The van der Waals surface area contributed by atoms with Crippen LogP contribution >= 0.6 is 0 Å². The molecule has 3 radical (unpaired) electrons. The largest absolute Gasteiger partial charge is 0.0620 e. The average molecular weight is 676 g/mol. The van der Waals surface area contributed by atoms with Crippen molar-refractivity contribution in [1.29, 1.82) is 0 Å². The normalized spacial score (nSPS) is 12.8. The summed E-state index contributed by atoms with van der Waals surface area (Å²) in [5.41, 5.74) is 9.41. The Morgan fingerprint density at radius 2 is 0.667 bits per heavy atom. The summed E-state index contributed by atoms with van der Waals surface area (Å²) in [6.45, 7) is 2.28. The van der Waals surface area contributed by atoms with Crippen molar-refractivity contribution < 1.29 is 0 Å². The quantitative estimate of drug-likeness (QED) is 0.0923.